The summed E-state index contributed by atoms with van der Waals surface area (Å²) in [7, 11) is 2.96. The number of nitrogens with zero attached hydrogens (tertiary/aromatic N) is 2. The van der Waals surface area contributed by atoms with Crippen LogP contribution in [0.25, 0.3) is 0 Å². The third-order valence-corrected chi connectivity index (χ3v) is 3.00. The van der Waals surface area contributed by atoms with Crippen molar-refractivity contribution in [2.24, 2.45) is 0 Å². The molecule has 1 aromatic rings. The number of amides is 4. The monoisotopic (exact) mass is 332 g/mol. The Morgan fingerprint density at radius 3 is 1.04 bits per heavy atom. The summed E-state index contributed by atoms with van der Waals surface area (Å²) in [5.74, 6) is -0.602. The minimum Gasteiger partial charge on any atom is -0.286 e. The molecule has 2 aliphatic heterocycles. The first-order valence-electron chi connectivity index (χ1n) is 7.72. The van der Waals surface area contributed by atoms with Gasteiger partial charge in [0.25, 0.3) is 11.8 Å². The Hall–Kier alpha value is -2.76. The van der Waals surface area contributed by atoms with Crippen LogP contribution in [0.4, 0.5) is 0 Å². The van der Waals surface area contributed by atoms with E-state index >= 15 is 0 Å². The molecule has 0 atom stereocenters. The molecule has 2 heterocycles. The number of carbonyl (C=O) groups excluding carboxylic acids is 4. The van der Waals surface area contributed by atoms with E-state index in [2.05, 4.69) is 0 Å². The maximum atomic E-state index is 10.5. The molecule has 0 aromatic heterocycles. The van der Waals surface area contributed by atoms with Crippen LogP contribution in [-0.4, -0.2) is 47.5 Å². The lowest BCUT2D eigenvalue weighted by Gasteiger charge is -2.01. The van der Waals surface area contributed by atoms with Gasteiger partial charge in [0.15, 0.2) is 0 Å². The quantitative estimate of drug-likeness (QED) is 0.681. The molecule has 0 spiro atoms. The second-order valence-electron chi connectivity index (χ2n) is 4.57. The summed E-state index contributed by atoms with van der Waals surface area (Å²) in [4.78, 5) is 44.0. The number of hydrogen-bond donors (Lipinski definition) is 0. The lowest BCUT2D eigenvalue weighted by molar-refractivity contribution is -0.137. The smallest absolute Gasteiger partial charge is 0.253 e. The average molecular weight is 332 g/mol. The molecular formula is C18H24N2O4. The molecule has 3 rings (SSSR count). The third kappa shape index (κ3) is 7.49. The van der Waals surface area contributed by atoms with Gasteiger partial charge in [0.05, 0.1) is 0 Å². The zero-order valence-corrected chi connectivity index (χ0v) is 14.6. The van der Waals surface area contributed by atoms with Crippen molar-refractivity contribution in [3.8, 4) is 0 Å². The summed E-state index contributed by atoms with van der Waals surface area (Å²) >= 11 is 0. The molecule has 0 unspecified atom stereocenters. The van der Waals surface area contributed by atoms with E-state index in [4.69, 9.17) is 0 Å². The van der Waals surface area contributed by atoms with Crippen LogP contribution < -0.4 is 0 Å². The van der Waals surface area contributed by atoms with Crippen molar-refractivity contribution in [3.63, 3.8) is 0 Å². The van der Waals surface area contributed by atoms with Crippen molar-refractivity contribution in [1.82, 2.24) is 9.80 Å². The van der Waals surface area contributed by atoms with Gasteiger partial charge >= 0.3 is 0 Å². The number of likely N-dealkylation sites (tertiary alicyclic amines) is 1. The van der Waals surface area contributed by atoms with Crippen LogP contribution in [0.15, 0.2) is 48.6 Å². The van der Waals surface area contributed by atoms with E-state index in [1.807, 2.05) is 50.2 Å². The number of carbonyl (C=O) groups is 4. The third-order valence-electron chi connectivity index (χ3n) is 3.00. The molecule has 0 radical (unpaired) electrons. The van der Waals surface area contributed by atoms with Gasteiger partial charge in [-0.05, 0) is 0 Å². The second-order valence-corrected chi connectivity index (χ2v) is 4.57. The van der Waals surface area contributed by atoms with Crippen molar-refractivity contribution >= 4 is 23.6 Å². The highest BCUT2D eigenvalue weighted by atomic mass is 16.2. The number of rotatable bonds is 0. The topological polar surface area (TPSA) is 74.8 Å². The largest absolute Gasteiger partial charge is 0.286 e. The fourth-order valence-corrected chi connectivity index (χ4v) is 1.55. The van der Waals surface area contributed by atoms with Crippen molar-refractivity contribution in [2.45, 2.75) is 26.7 Å². The van der Waals surface area contributed by atoms with Gasteiger partial charge in [0.1, 0.15) is 0 Å². The highest BCUT2D eigenvalue weighted by Gasteiger charge is 2.24. The van der Waals surface area contributed by atoms with Gasteiger partial charge < -0.3 is 0 Å². The molecular weight excluding hydrogens is 308 g/mol. The standard InChI is InChI=1S/C6H6.C5H7NO2.C5H5NO2.C2H6/c1-2-4-6-5-3-1;2*1-6-4(7)2-3-5(6)8;1-2/h1-6H;2-3H2,1H3;2-3H,1H3;1-2H3. The number of hydrogen-bond acceptors (Lipinski definition) is 4. The highest BCUT2D eigenvalue weighted by molar-refractivity contribution is 6.12. The van der Waals surface area contributed by atoms with Gasteiger partial charge in [0, 0.05) is 39.1 Å². The van der Waals surface area contributed by atoms with E-state index < -0.39 is 0 Å². The van der Waals surface area contributed by atoms with Crippen molar-refractivity contribution in [3.05, 3.63) is 48.6 Å². The van der Waals surface area contributed by atoms with Crippen LogP contribution in [0.1, 0.15) is 26.7 Å². The Morgan fingerprint density at radius 1 is 0.625 bits per heavy atom. The summed E-state index contributed by atoms with van der Waals surface area (Å²) in [5.41, 5.74) is 0. The van der Waals surface area contributed by atoms with Crippen LogP contribution in [0.5, 0.6) is 0 Å². The molecule has 0 N–H and O–H groups in total. The molecule has 6 heteroatoms. The molecule has 130 valence electrons. The van der Waals surface area contributed by atoms with Crippen molar-refractivity contribution < 1.29 is 19.2 Å². The number of imide groups is 2. The van der Waals surface area contributed by atoms with E-state index in [1.165, 1.54) is 31.1 Å². The zero-order valence-electron chi connectivity index (χ0n) is 14.6. The van der Waals surface area contributed by atoms with Crippen LogP contribution >= 0.6 is 0 Å². The van der Waals surface area contributed by atoms with E-state index in [1.54, 1.807) is 0 Å². The number of likely N-dealkylation sites (N-methyl/N-ethyl adjacent to an activating group) is 1. The molecule has 0 bridgehead atoms. The fourth-order valence-electron chi connectivity index (χ4n) is 1.55. The van der Waals surface area contributed by atoms with Gasteiger partial charge in [-0.1, -0.05) is 50.2 Å². The Kier molecular flexibility index (Phi) is 10.4. The predicted molar refractivity (Wildman–Crippen MR) is 91.7 cm³/mol. The zero-order chi connectivity index (χ0) is 18.5. The second kappa shape index (κ2) is 11.8. The molecule has 0 saturated carbocycles. The van der Waals surface area contributed by atoms with Crippen LogP contribution in [0.3, 0.4) is 0 Å². The molecule has 0 aliphatic carbocycles. The Morgan fingerprint density at radius 2 is 0.917 bits per heavy atom. The van der Waals surface area contributed by atoms with Gasteiger partial charge in [-0.2, -0.15) is 0 Å². The Balaban J connectivity index is 0.000000317. The van der Waals surface area contributed by atoms with Crippen molar-refractivity contribution in [1.29, 1.82) is 0 Å². The first-order valence-corrected chi connectivity index (χ1v) is 7.72. The lowest BCUT2D eigenvalue weighted by Crippen LogP contribution is -2.24. The maximum Gasteiger partial charge on any atom is 0.253 e. The molecule has 2 aliphatic rings. The molecule has 4 amide bonds. The molecule has 24 heavy (non-hydrogen) atoms. The molecule has 1 aromatic carbocycles. The van der Waals surface area contributed by atoms with Crippen LogP contribution in [-0.2, 0) is 19.2 Å². The molecule has 1 fully saturated rings. The predicted octanol–water partition coefficient (Wildman–Crippen LogP) is 2.02. The highest BCUT2D eigenvalue weighted by Crippen LogP contribution is 2.07. The van der Waals surface area contributed by atoms with E-state index in [0.29, 0.717) is 12.8 Å². The minimum absolute atomic E-state index is 0.0602. The number of benzene rings is 1. The normalized spacial score (nSPS) is 15.2. The van der Waals surface area contributed by atoms with Crippen LogP contribution in [0, 0.1) is 0 Å². The Labute approximate surface area is 142 Å². The van der Waals surface area contributed by atoms with Gasteiger partial charge in [0.2, 0.25) is 11.8 Å². The summed E-state index contributed by atoms with van der Waals surface area (Å²) in [6, 6.07) is 12.0. The lowest BCUT2D eigenvalue weighted by atomic mass is 10.4. The first-order chi connectivity index (χ1) is 11.4. The van der Waals surface area contributed by atoms with E-state index in [0.717, 1.165) is 4.90 Å². The minimum atomic E-state index is -0.241. The summed E-state index contributed by atoms with van der Waals surface area (Å²) in [6.45, 7) is 4.00. The van der Waals surface area contributed by atoms with Crippen molar-refractivity contribution in [2.75, 3.05) is 14.1 Å². The van der Waals surface area contributed by atoms with Gasteiger partial charge in [-0.15, -0.1) is 0 Å². The summed E-state index contributed by atoms with van der Waals surface area (Å²) in [6.07, 6.45) is 3.30. The van der Waals surface area contributed by atoms with Gasteiger partial charge in [-0.3, -0.25) is 29.0 Å². The SMILES string of the molecule is CC.CN1C(=O)C=CC1=O.CN1C(=O)CCC1=O.c1ccccc1. The van der Waals surface area contributed by atoms with Gasteiger partial charge in [-0.25, -0.2) is 0 Å². The fraction of sp³-hybridized carbons (Fsp3) is 0.333. The summed E-state index contributed by atoms with van der Waals surface area (Å²) in [5, 5.41) is 0. The first kappa shape index (κ1) is 21.2. The van der Waals surface area contributed by atoms with E-state index in [-0.39, 0.29) is 23.6 Å². The maximum absolute atomic E-state index is 10.5. The Bertz CT molecular complexity index is 521. The van der Waals surface area contributed by atoms with E-state index in [9.17, 15) is 19.2 Å². The summed E-state index contributed by atoms with van der Waals surface area (Å²) < 4.78 is 0. The van der Waals surface area contributed by atoms with Crippen LogP contribution in [0.2, 0.25) is 0 Å². The average Bonchev–Trinajstić information content (AvgIpc) is 3.09. The molecule has 1 saturated heterocycles. The molecule has 6 nitrogen and oxygen atoms in total.